The normalized spacial score (nSPS) is 32.4. The predicted octanol–water partition coefficient (Wildman–Crippen LogP) is 1.20. The summed E-state index contributed by atoms with van der Waals surface area (Å²) in [5.41, 5.74) is 0. The quantitative estimate of drug-likeness (QED) is 0.779. The maximum atomic E-state index is 5.40. The predicted molar refractivity (Wildman–Crippen MR) is 66.6 cm³/mol. The molecule has 1 N–H and O–H groups in total. The molecular formula is C13H26N2O. The van der Waals surface area contributed by atoms with E-state index in [1.165, 1.54) is 39.0 Å². The third-order valence-electron chi connectivity index (χ3n) is 4.13. The van der Waals surface area contributed by atoms with Crippen molar-refractivity contribution < 1.29 is 4.74 Å². The van der Waals surface area contributed by atoms with Crippen LogP contribution in [0.25, 0.3) is 0 Å². The molecule has 2 fully saturated rings. The molecule has 0 radical (unpaired) electrons. The number of nitrogens with one attached hydrogen (secondary N) is 1. The molecule has 2 atom stereocenters. The molecule has 0 aromatic carbocycles. The van der Waals surface area contributed by atoms with E-state index in [9.17, 15) is 0 Å². The molecule has 2 aliphatic rings. The van der Waals surface area contributed by atoms with Crippen LogP contribution in [0.1, 0.15) is 19.8 Å². The van der Waals surface area contributed by atoms with E-state index in [0.29, 0.717) is 0 Å². The summed E-state index contributed by atoms with van der Waals surface area (Å²) in [6.07, 6.45) is 2.51. The number of ether oxygens (including phenoxy) is 1. The highest BCUT2D eigenvalue weighted by atomic mass is 16.5. The van der Waals surface area contributed by atoms with Gasteiger partial charge in [0.1, 0.15) is 0 Å². The molecule has 2 rings (SSSR count). The molecule has 2 unspecified atom stereocenters. The van der Waals surface area contributed by atoms with E-state index in [-0.39, 0.29) is 0 Å². The van der Waals surface area contributed by atoms with Crippen LogP contribution in [0.15, 0.2) is 0 Å². The van der Waals surface area contributed by atoms with Gasteiger partial charge in [0.2, 0.25) is 0 Å². The van der Waals surface area contributed by atoms with Gasteiger partial charge in [0, 0.05) is 26.3 Å². The van der Waals surface area contributed by atoms with Crippen molar-refractivity contribution in [2.45, 2.75) is 19.8 Å². The zero-order valence-corrected chi connectivity index (χ0v) is 10.7. The zero-order chi connectivity index (χ0) is 11.4. The van der Waals surface area contributed by atoms with Gasteiger partial charge in [0.25, 0.3) is 0 Å². The van der Waals surface area contributed by atoms with Gasteiger partial charge in [-0.05, 0) is 50.7 Å². The highest BCUT2D eigenvalue weighted by Gasteiger charge is 2.25. The van der Waals surface area contributed by atoms with Crippen LogP contribution in [0.4, 0.5) is 0 Å². The van der Waals surface area contributed by atoms with E-state index >= 15 is 0 Å². The second-order valence-corrected chi connectivity index (χ2v) is 5.67. The van der Waals surface area contributed by atoms with Gasteiger partial charge in [-0.15, -0.1) is 0 Å². The van der Waals surface area contributed by atoms with Crippen LogP contribution in [-0.2, 0) is 4.74 Å². The van der Waals surface area contributed by atoms with Crippen LogP contribution < -0.4 is 5.32 Å². The lowest BCUT2D eigenvalue weighted by Crippen LogP contribution is -2.34. The number of nitrogens with zero attached hydrogens (tertiary/aromatic N) is 1. The fraction of sp³-hybridized carbons (Fsp3) is 1.00. The molecule has 3 heteroatoms. The minimum Gasteiger partial charge on any atom is -0.381 e. The smallest absolute Gasteiger partial charge is 0.0469 e. The Balaban J connectivity index is 1.68. The Labute approximate surface area is 99.5 Å². The molecule has 3 nitrogen and oxygen atoms in total. The largest absolute Gasteiger partial charge is 0.381 e. The minimum atomic E-state index is 0.845. The van der Waals surface area contributed by atoms with E-state index in [1.54, 1.807) is 0 Å². The standard InChI is InChI=1S/C13H26N2O/c1-11-7-14-8-13(11)10-15(2)9-12-3-5-16-6-4-12/h11-14H,3-10H2,1-2H3. The summed E-state index contributed by atoms with van der Waals surface area (Å²) in [4.78, 5) is 2.53. The molecular weight excluding hydrogens is 200 g/mol. The molecule has 0 amide bonds. The first kappa shape index (κ1) is 12.3. The molecule has 0 bridgehead atoms. The molecule has 0 saturated carbocycles. The summed E-state index contributed by atoms with van der Waals surface area (Å²) in [6, 6.07) is 0. The van der Waals surface area contributed by atoms with Crippen molar-refractivity contribution in [3.05, 3.63) is 0 Å². The third kappa shape index (κ3) is 3.44. The lowest BCUT2D eigenvalue weighted by molar-refractivity contribution is 0.0537. The van der Waals surface area contributed by atoms with Crippen LogP contribution in [0, 0.1) is 17.8 Å². The molecule has 0 aromatic heterocycles. The van der Waals surface area contributed by atoms with Crippen LogP contribution in [-0.4, -0.2) is 51.3 Å². The Hall–Kier alpha value is -0.120. The Morgan fingerprint density at radius 2 is 1.94 bits per heavy atom. The van der Waals surface area contributed by atoms with Gasteiger partial charge >= 0.3 is 0 Å². The second kappa shape index (κ2) is 5.99. The van der Waals surface area contributed by atoms with Gasteiger partial charge in [-0.25, -0.2) is 0 Å². The highest BCUT2D eigenvalue weighted by Crippen LogP contribution is 2.19. The maximum absolute atomic E-state index is 5.40. The van der Waals surface area contributed by atoms with Crippen molar-refractivity contribution in [3.8, 4) is 0 Å². The van der Waals surface area contributed by atoms with Gasteiger partial charge in [-0.3, -0.25) is 0 Å². The van der Waals surface area contributed by atoms with E-state index in [1.807, 2.05) is 0 Å². The number of hydrogen-bond donors (Lipinski definition) is 1. The SMILES string of the molecule is CC1CNCC1CN(C)CC1CCOCC1. The molecule has 0 spiro atoms. The van der Waals surface area contributed by atoms with Crippen LogP contribution in [0.5, 0.6) is 0 Å². The van der Waals surface area contributed by atoms with Crippen LogP contribution in [0.2, 0.25) is 0 Å². The first-order valence-corrected chi connectivity index (χ1v) is 6.72. The van der Waals surface area contributed by atoms with E-state index in [4.69, 9.17) is 4.74 Å². The Morgan fingerprint density at radius 1 is 1.19 bits per heavy atom. The highest BCUT2D eigenvalue weighted by molar-refractivity contribution is 4.80. The Kier molecular flexibility index (Phi) is 4.62. The van der Waals surface area contributed by atoms with Crippen molar-refractivity contribution in [1.82, 2.24) is 10.2 Å². The van der Waals surface area contributed by atoms with E-state index < -0.39 is 0 Å². The van der Waals surface area contributed by atoms with Gasteiger partial charge in [0.05, 0.1) is 0 Å². The van der Waals surface area contributed by atoms with Gasteiger partial charge in [-0.2, -0.15) is 0 Å². The molecule has 2 heterocycles. The van der Waals surface area contributed by atoms with Gasteiger partial charge in [0.15, 0.2) is 0 Å². The third-order valence-corrected chi connectivity index (χ3v) is 4.13. The van der Waals surface area contributed by atoms with Crippen LogP contribution >= 0.6 is 0 Å². The fourth-order valence-electron chi connectivity index (χ4n) is 2.95. The second-order valence-electron chi connectivity index (χ2n) is 5.67. The molecule has 0 aliphatic carbocycles. The first-order chi connectivity index (χ1) is 7.75. The monoisotopic (exact) mass is 226 g/mol. The summed E-state index contributed by atoms with van der Waals surface area (Å²) < 4.78 is 5.40. The molecule has 2 saturated heterocycles. The maximum Gasteiger partial charge on any atom is 0.0469 e. The molecule has 0 aromatic rings. The van der Waals surface area contributed by atoms with Crippen molar-refractivity contribution in [1.29, 1.82) is 0 Å². The van der Waals surface area contributed by atoms with Crippen molar-refractivity contribution in [2.75, 3.05) is 46.4 Å². The summed E-state index contributed by atoms with van der Waals surface area (Å²) in [5.74, 6) is 2.56. The van der Waals surface area contributed by atoms with Gasteiger partial charge in [-0.1, -0.05) is 6.92 Å². The fourth-order valence-corrected chi connectivity index (χ4v) is 2.95. The number of hydrogen-bond acceptors (Lipinski definition) is 3. The van der Waals surface area contributed by atoms with Crippen molar-refractivity contribution >= 4 is 0 Å². The topological polar surface area (TPSA) is 24.5 Å². The van der Waals surface area contributed by atoms with Crippen molar-refractivity contribution in [3.63, 3.8) is 0 Å². The number of rotatable bonds is 4. The minimum absolute atomic E-state index is 0.845. The van der Waals surface area contributed by atoms with Crippen LogP contribution in [0.3, 0.4) is 0 Å². The Morgan fingerprint density at radius 3 is 2.56 bits per heavy atom. The summed E-state index contributed by atoms with van der Waals surface area (Å²) in [6.45, 7) is 9.24. The van der Waals surface area contributed by atoms with E-state index in [2.05, 4.69) is 24.2 Å². The summed E-state index contributed by atoms with van der Waals surface area (Å²) >= 11 is 0. The lowest BCUT2D eigenvalue weighted by atomic mass is 9.96. The van der Waals surface area contributed by atoms with Gasteiger partial charge < -0.3 is 15.0 Å². The lowest BCUT2D eigenvalue weighted by Gasteiger charge is -2.29. The Bertz CT molecular complexity index is 204. The first-order valence-electron chi connectivity index (χ1n) is 6.72. The average Bonchev–Trinajstić information content (AvgIpc) is 2.66. The summed E-state index contributed by atoms with van der Waals surface area (Å²) in [7, 11) is 2.28. The van der Waals surface area contributed by atoms with Crippen molar-refractivity contribution in [2.24, 2.45) is 17.8 Å². The molecule has 2 aliphatic heterocycles. The average molecular weight is 226 g/mol. The molecule has 16 heavy (non-hydrogen) atoms. The van der Waals surface area contributed by atoms with E-state index in [0.717, 1.165) is 31.0 Å². The zero-order valence-electron chi connectivity index (χ0n) is 10.7. The molecule has 94 valence electrons. The summed E-state index contributed by atoms with van der Waals surface area (Å²) in [5, 5.41) is 3.48.